The van der Waals surface area contributed by atoms with E-state index in [4.69, 9.17) is 4.74 Å². The molecule has 0 amide bonds. The first-order chi connectivity index (χ1) is 13.1. The average Bonchev–Trinajstić information content (AvgIpc) is 2.95. The molecule has 0 aliphatic carbocycles. The molecule has 3 atom stereocenters. The monoisotopic (exact) mass is 397 g/mol. The summed E-state index contributed by atoms with van der Waals surface area (Å²) in [5, 5.41) is 26.7. The number of nitrogens with one attached hydrogen (secondary N) is 1. The van der Waals surface area contributed by atoms with Gasteiger partial charge in [0.25, 0.3) is 6.43 Å². The number of anilines is 1. The predicted molar refractivity (Wildman–Crippen MR) is 95.1 cm³/mol. The molecule has 0 radical (unpaired) electrons. The lowest BCUT2D eigenvalue weighted by Gasteiger charge is -2.28. The summed E-state index contributed by atoms with van der Waals surface area (Å²) in [5.74, 6) is -0.789. The third kappa shape index (κ3) is 3.64. The molecule has 10 heteroatoms. The molecule has 0 saturated carbocycles. The lowest BCUT2D eigenvalue weighted by Crippen LogP contribution is -2.42. The van der Waals surface area contributed by atoms with Crippen LogP contribution in [0.4, 0.5) is 19.1 Å². The first-order valence-electron chi connectivity index (χ1n) is 8.96. The Hall–Kier alpha value is -2.38. The van der Waals surface area contributed by atoms with Crippen LogP contribution >= 0.6 is 0 Å². The summed E-state index contributed by atoms with van der Waals surface area (Å²) in [6.07, 6.45) is -2.01. The maximum absolute atomic E-state index is 14.6. The van der Waals surface area contributed by atoms with Crippen LogP contribution in [0.2, 0.25) is 0 Å². The van der Waals surface area contributed by atoms with Gasteiger partial charge in [-0.15, -0.1) is 5.10 Å². The fourth-order valence-corrected chi connectivity index (χ4v) is 3.28. The van der Waals surface area contributed by atoms with Gasteiger partial charge in [0.1, 0.15) is 11.7 Å². The van der Waals surface area contributed by atoms with E-state index in [1.165, 1.54) is 27.0 Å². The lowest BCUT2D eigenvalue weighted by atomic mass is 9.89. The molecule has 0 bridgehead atoms. The fourth-order valence-electron chi connectivity index (χ4n) is 3.28. The van der Waals surface area contributed by atoms with E-state index in [-0.39, 0.29) is 35.4 Å². The first kappa shape index (κ1) is 20.4. The number of nitrogens with zero attached hydrogens (tertiary/aromatic N) is 4. The molecule has 0 aromatic carbocycles. The number of aliphatic hydroxyl groups is 1. The second kappa shape index (κ2) is 7.56. The Morgan fingerprint density at radius 3 is 2.75 bits per heavy atom. The SMILES string of the molecule is CC(c1c(C#N)c(C(F)F)c2cnc(N[C@@H]3CCOC[C@H]3O)nn12)C(C)(C)F. The molecule has 0 spiro atoms. The van der Waals surface area contributed by atoms with Gasteiger partial charge in [0.2, 0.25) is 5.95 Å². The quantitative estimate of drug-likeness (QED) is 0.806. The van der Waals surface area contributed by atoms with Crippen molar-refractivity contribution < 1.29 is 23.0 Å². The number of hydrogen-bond donors (Lipinski definition) is 2. The van der Waals surface area contributed by atoms with Crippen molar-refractivity contribution >= 4 is 11.5 Å². The lowest BCUT2D eigenvalue weighted by molar-refractivity contribution is -0.0136. The zero-order chi connectivity index (χ0) is 20.6. The molecule has 1 unspecified atom stereocenters. The summed E-state index contributed by atoms with van der Waals surface area (Å²) in [7, 11) is 0. The van der Waals surface area contributed by atoms with E-state index < -0.39 is 29.7 Å². The highest BCUT2D eigenvalue weighted by atomic mass is 19.3. The van der Waals surface area contributed by atoms with Crippen LogP contribution in [0.3, 0.4) is 0 Å². The standard InChI is InChI=1S/C18H22F3N5O2/c1-9(18(2,3)21)15-10(6-22)14(16(19)20)12-7-23-17(25-26(12)15)24-11-4-5-28-8-13(11)27/h7,9,11,13,16,27H,4-5,8H2,1-3H3,(H,24,25)/t9?,11-,13-/m1/s1. The van der Waals surface area contributed by atoms with Crippen LogP contribution < -0.4 is 5.32 Å². The summed E-state index contributed by atoms with van der Waals surface area (Å²) in [6.45, 7) is 4.77. The Kier molecular flexibility index (Phi) is 5.50. The van der Waals surface area contributed by atoms with Gasteiger partial charge < -0.3 is 15.2 Å². The largest absolute Gasteiger partial charge is 0.389 e. The number of aliphatic hydroxyl groups excluding tert-OH is 1. The predicted octanol–water partition coefficient (Wildman–Crippen LogP) is 2.95. The number of rotatable bonds is 5. The molecule has 2 aromatic rings. The molecule has 152 valence electrons. The molecule has 28 heavy (non-hydrogen) atoms. The molecule has 2 aromatic heterocycles. The highest BCUT2D eigenvalue weighted by Crippen LogP contribution is 2.39. The highest BCUT2D eigenvalue weighted by molar-refractivity contribution is 5.65. The van der Waals surface area contributed by atoms with Gasteiger partial charge in [-0.1, -0.05) is 6.92 Å². The summed E-state index contributed by atoms with van der Waals surface area (Å²) in [4.78, 5) is 4.06. The van der Waals surface area contributed by atoms with Gasteiger partial charge in [0.15, 0.2) is 0 Å². The Labute approximate surface area is 160 Å². The molecule has 1 aliphatic rings. The maximum Gasteiger partial charge on any atom is 0.267 e. The van der Waals surface area contributed by atoms with Gasteiger partial charge >= 0.3 is 0 Å². The van der Waals surface area contributed by atoms with Gasteiger partial charge in [-0.3, -0.25) is 0 Å². The minimum Gasteiger partial charge on any atom is -0.389 e. The second-order valence-corrected chi connectivity index (χ2v) is 7.43. The number of hydrogen-bond acceptors (Lipinski definition) is 6. The highest BCUT2D eigenvalue weighted by Gasteiger charge is 2.36. The van der Waals surface area contributed by atoms with Crippen molar-refractivity contribution in [3.63, 3.8) is 0 Å². The minimum absolute atomic E-state index is 0.0456. The molecule has 2 N–H and O–H groups in total. The van der Waals surface area contributed by atoms with E-state index in [9.17, 15) is 23.5 Å². The Balaban J connectivity index is 2.14. The summed E-state index contributed by atoms with van der Waals surface area (Å²) >= 11 is 0. The van der Waals surface area contributed by atoms with Gasteiger partial charge in [-0.05, 0) is 20.3 Å². The molecule has 7 nitrogen and oxygen atoms in total. The molecule has 3 rings (SSSR count). The maximum atomic E-state index is 14.6. The third-order valence-electron chi connectivity index (χ3n) is 5.17. The van der Waals surface area contributed by atoms with E-state index in [1.54, 1.807) is 6.07 Å². The molecule has 1 fully saturated rings. The number of aromatic nitrogens is 3. The number of nitriles is 1. The molecule has 1 saturated heterocycles. The minimum atomic E-state index is -2.94. The van der Waals surface area contributed by atoms with Crippen LogP contribution in [-0.2, 0) is 4.74 Å². The van der Waals surface area contributed by atoms with Crippen LogP contribution in [0.15, 0.2) is 6.20 Å². The third-order valence-corrected chi connectivity index (χ3v) is 5.17. The van der Waals surface area contributed by atoms with Crippen LogP contribution in [0.1, 0.15) is 56.4 Å². The van der Waals surface area contributed by atoms with E-state index >= 15 is 0 Å². The molecular formula is C18H22F3N5O2. The Bertz CT molecular complexity index is 903. The molecule has 3 heterocycles. The summed E-state index contributed by atoms with van der Waals surface area (Å²) < 4.78 is 48.3. The van der Waals surface area contributed by atoms with E-state index in [0.29, 0.717) is 13.0 Å². The van der Waals surface area contributed by atoms with Crippen molar-refractivity contribution in [1.82, 2.24) is 14.6 Å². The average molecular weight is 397 g/mol. The van der Waals surface area contributed by atoms with Crippen molar-refractivity contribution in [3.05, 3.63) is 23.0 Å². The van der Waals surface area contributed by atoms with E-state index in [0.717, 1.165) is 4.52 Å². The molecular weight excluding hydrogens is 375 g/mol. The van der Waals surface area contributed by atoms with Crippen LogP contribution in [0, 0.1) is 11.3 Å². The number of fused-ring (bicyclic) bond motifs is 1. The first-order valence-corrected chi connectivity index (χ1v) is 8.96. The van der Waals surface area contributed by atoms with Crippen LogP contribution in [-0.4, -0.2) is 50.7 Å². The second-order valence-electron chi connectivity index (χ2n) is 7.43. The zero-order valence-electron chi connectivity index (χ0n) is 15.8. The topological polar surface area (TPSA) is 95.5 Å². The van der Waals surface area contributed by atoms with E-state index in [2.05, 4.69) is 15.4 Å². The van der Waals surface area contributed by atoms with Crippen molar-refractivity contribution in [2.75, 3.05) is 18.5 Å². The van der Waals surface area contributed by atoms with Gasteiger partial charge in [-0.2, -0.15) is 5.26 Å². The van der Waals surface area contributed by atoms with Crippen molar-refractivity contribution in [3.8, 4) is 6.07 Å². The summed E-state index contributed by atoms with van der Waals surface area (Å²) in [6, 6.07) is 1.41. The van der Waals surface area contributed by atoms with Crippen molar-refractivity contribution in [2.24, 2.45) is 0 Å². The number of alkyl halides is 3. The van der Waals surface area contributed by atoms with Gasteiger partial charge in [0, 0.05) is 12.5 Å². The number of halogens is 3. The molecule has 1 aliphatic heterocycles. The fraction of sp³-hybridized carbons (Fsp3) is 0.611. The summed E-state index contributed by atoms with van der Waals surface area (Å²) in [5.41, 5.74) is -2.54. The zero-order valence-corrected chi connectivity index (χ0v) is 15.8. The van der Waals surface area contributed by atoms with Crippen LogP contribution in [0.25, 0.3) is 5.52 Å². The smallest absolute Gasteiger partial charge is 0.267 e. The normalized spacial score (nSPS) is 21.7. The van der Waals surface area contributed by atoms with Gasteiger partial charge in [-0.25, -0.2) is 22.7 Å². The van der Waals surface area contributed by atoms with Crippen LogP contribution in [0.5, 0.6) is 0 Å². The van der Waals surface area contributed by atoms with Crippen molar-refractivity contribution in [2.45, 2.75) is 57.3 Å². The van der Waals surface area contributed by atoms with Gasteiger partial charge in [0.05, 0.1) is 47.3 Å². The van der Waals surface area contributed by atoms with Crippen molar-refractivity contribution in [1.29, 1.82) is 5.26 Å². The Morgan fingerprint density at radius 2 is 2.18 bits per heavy atom. The number of ether oxygens (including phenoxy) is 1. The Morgan fingerprint density at radius 1 is 1.46 bits per heavy atom. The van der Waals surface area contributed by atoms with E-state index in [1.807, 2.05) is 0 Å².